The molecule has 0 saturated carbocycles. The highest BCUT2D eigenvalue weighted by Gasteiger charge is 2.23. The second-order valence-corrected chi connectivity index (χ2v) is 7.21. The van der Waals surface area contributed by atoms with E-state index in [0.717, 1.165) is 16.0 Å². The van der Waals surface area contributed by atoms with E-state index in [2.05, 4.69) is 10.4 Å². The topological polar surface area (TPSA) is 90.3 Å². The number of rotatable bonds is 7. The van der Waals surface area contributed by atoms with Gasteiger partial charge in [0.25, 0.3) is 5.56 Å². The van der Waals surface area contributed by atoms with Crippen molar-refractivity contribution in [1.82, 2.24) is 9.78 Å². The number of esters is 1. The average molecular weight is 438 g/mol. The van der Waals surface area contributed by atoms with Gasteiger partial charge in [-0.05, 0) is 37.6 Å². The lowest BCUT2D eigenvalue weighted by Crippen LogP contribution is -2.25. The van der Waals surface area contributed by atoms with E-state index >= 15 is 0 Å². The van der Waals surface area contributed by atoms with Crippen LogP contribution in [-0.4, -0.2) is 34.1 Å². The van der Waals surface area contributed by atoms with Crippen LogP contribution in [0.5, 0.6) is 0 Å². The molecular formula is C19H17ClFN3O4S. The molecule has 0 aliphatic heterocycles. The molecule has 3 aromatic rings. The first kappa shape index (κ1) is 20.9. The van der Waals surface area contributed by atoms with Crippen LogP contribution >= 0.6 is 22.9 Å². The largest absolute Gasteiger partial charge is 0.461 e. The summed E-state index contributed by atoms with van der Waals surface area (Å²) in [6, 6.07) is 5.10. The van der Waals surface area contributed by atoms with Crippen LogP contribution in [0.1, 0.15) is 30.3 Å². The smallest absolute Gasteiger partial charge is 0.359 e. The van der Waals surface area contributed by atoms with Gasteiger partial charge in [-0.2, -0.15) is 9.78 Å². The first-order valence-corrected chi connectivity index (χ1v) is 10.2. The molecule has 10 heteroatoms. The first-order chi connectivity index (χ1) is 14.0. The SMILES string of the molecule is CCOC(=O)c1nn(-c2ccc(F)cc2)c(=O)c2c(NC(=O)CCCCl)scc12. The molecule has 1 N–H and O–H groups in total. The fourth-order valence-corrected chi connectivity index (χ4v) is 3.75. The number of carbonyl (C=O) groups is 2. The van der Waals surface area contributed by atoms with Gasteiger partial charge in [0.05, 0.1) is 17.7 Å². The molecule has 0 fully saturated rings. The highest BCUT2D eigenvalue weighted by Crippen LogP contribution is 2.30. The predicted octanol–water partition coefficient (Wildman–Crippen LogP) is 3.72. The second-order valence-electron chi connectivity index (χ2n) is 5.96. The summed E-state index contributed by atoms with van der Waals surface area (Å²) < 4.78 is 19.3. The highest BCUT2D eigenvalue weighted by atomic mass is 35.5. The number of halogens is 2. The van der Waals surface area contributed by atoms with Crippen molar-refractivity contribution in [1.29, 1.82) is 0 Å². The van der Waals surface area contributed by atoms with Crippen molar-refractivity contribution >= 4 is 50.6 Å². The van der Waals surface area contributed by atoms with Gasteiger partial charge in [-0.3, -0.25) is 9.59 Å². The number of carbonyl (C=O) groups excluding carboxylic acids is 2. The molecule has 0 atom stereocenters. The average Bonchev–Trinajstić information content (AvgIpc) is 3.12. The third kappa shape index (κ3) is 4.46. The van der Waals surface area contributed by atoms with Crippen LogP contribution in [0.2, 0.25) is 0 Å². The zero-order valence-electron chi connectivity index (χ0n) is 15.4. The van der Waals surface area contributed by atoms with E-state index in [0.29, 0.717) is 17.3 Å². The lowest BCUT2D eigenvalue weighted by molar-refractivity contribution is -0.116. The van der Waals surface area contributed by atoms with Crippen LogP contribution < -0.4 is 10.9 Å². The lowest BCUT2D eigenvalue weighted by Gasteiger charge is -2.10. The van der Waals surface area contributed by atoms with Crippen molar-refractivity contribution in [2.75, 3.05) is 17.8 Å². The number of alkyl halides is 1. The van der Waals surface area contributed by atoms with E-state index in [1.807, 2.05) is 0 Å². The number of nitrogens with one attached hydrogen (secondary N) is 1. The van der Waals surface area contributed by atoms with Crippen molar-refractivity contribution in [3.8, 4) is 5.69 Å². The molecule has 1 aromatic carbocycles. The molecule has 2 heterocycles. The molecule has 1 amide bonds. The maximum absolute atomic E-state index is 13.3. The van der Waals surface area contributed by atoms with Crippen LogP contribution in [0, 0.1) is 5.82 Å². The van der Waals surface area contributed by atoms with E-state index < -0.39 is 17.3 Å². The Kier molecular flexibility index (Phi) is 6.60. The fourth-order valence-electron chi connectivity index (χ4n) is 2.67. The van der Waals surface area contributed by atoms with Gasteiger partial charge in [-0.15, -0.1) is 22.9 Å². The molecule has 3 rings (SSSR count). The van der Waals surface area contributed by atoms with E-state index in [9.17, 15) is 18.8 Å². The van der Waals surface area contributed by atoms with Gasteiger partial charge in [-0.1, -0.05) is 0 Å². The Labute approximate surface area is 174 Å². The Morgan fingerprint density at radius 1 is 1.31 bits per heavy atom. The summed E-state index contributed by atoms with van der Waals surface area (Å²) in [7, 11) is 0. The highest BCUT2D eigenvalue weighted by molar-refractivity contribution is 7.16. The summed E-state index contributed by atoms with van der Waals surface area (Å²) in [6.07, 6.45) is 0.691. The van der Waals surface area contributed by atoms with Crippen LogP contribution in [0.25, 0.3) is 16.5 Å². The van der Waals surface area contributed by atoms with Crippen LogP contribution in [0.15, 0.2) is 34.4 Å². The Morgan fingerprint density at radius 3 is 2.69 bits per heavy atom. The summed E-state index contributed by atoms with van der Waals surface area (Å²) in [5, 5.41) is 9.13. The molecule has 0 aliphatic carbocycles. The minimum absolute atomic E-state index is 0.0664. The number of ether oxygens (including phenoxy) is 1. The van der Waals surface area contributed by atoms with Gasteiger partial charge in [0, 0.05) is 23.1 Å². The van der Waals surface area contributed by atoms with Crippen molar-refractivity contribution in [3.05, 3.63) is 51.5 Å². The van der Waals surface area contributed by atoms with E-state index in [1.54, 1.807) is 12.3 Å². The molecule has 7 nitrogen and oxygen atoms in total. The maximum Gasteiger partial charge on any atom is 0.359 e. The normalized spacial score (nSPS) is 10.9. The Bertz CT molecular complexity index is 1110. The molecule has 0 bridgehead atoms. The van der Waals surface area contributed by atoms with E-state index in [1.165, 1.54) is 24.3 Å². The van der Waals surface area contributed by atoms with Crippen molar-refractivity contribution in [2.24, 2.45) is 0 Å². The van der Waals surface area contributed by atoms with Gasteiger partial charge in [-0.25, -0.2) is 9.18 Å². The fraction of sp³-hybridized carbons (Fsp3) is 0.263. The molecule has 2 aromatic heterocycles. The monoisotopic (exact) mass is 437 g/mol. The molecule has 0 radical (unpaired) electrons. The zero-order valence-corrected chi connectivity index (χ0v) is 17.0. The third-order valence-corrected chi connectivity index (χ3v) is 5.15. The minimum atomic E-state index is -0.703. The van der Waals surface area contributed by atoms with Gasteiger partial charge in [0.1, 0.15) is 10.8 Å². The van der Waals surface area contributed by atoms with Crippen molar-refractivity contribution < 1.29 is 18.7 Å². The molecule has 0 saturated heterocycles. The number of benzene rings is 1. The van der Waals surface area contributed by atoms with Gasteiger partial charge in [0.2, 0.25) is 5.91 Å². The van der Waals surface area contributed by atoms with Crippen molar-refractivity contribution in [3.63, 3.8) is 0 Å². The molecule has 0 spiro atoms. The first-order valence-electron chi connectivity index (χ1n) is 8.79. The molecule has 152 valence electrons. The van der Waals surface area contributed by atoms with Gasteiger partial charge >= 0.3 is 5.97 Å². The van der Waals surface area contributed by atoms with Crippen LogP contribution in [-0.2, 0) is 9.53 Å². The van der Waals surface area contributed by atoms with Gasteiger partial charge in [0.15, 0.2) is 5.69 Å². The standard InChI is InChI=1S/C19H17ClFN3O4S/c1-2-28-19(27)16-13-10-29-17(22-14(25)4-3-9-20)15(13)18(26)24(23-16)12-7-5-11(21)6-8-12/h5-8,10H,2-4,9H2,1H3,(H,22,25). The number of nitrogens with zero attached hydrogens (tertiary/aromatic N) is 2. The quantitative estimate of drug-likeness (QED) is 0.449. The number of anilines is 1. The van der Waals surface area contributed by atoms with E-state index in [-0.39, 0.29) is 41.1 Å². The number of thiophene rings is 1. The third-order valence-electron chi connectivity index (χ3n) is 3.98. The summed E-state index contributed by atoms with van der Waals surface area (Å²) in [5.74, 6) is -1.13. The number of hydrogen-bond acceptors (Lipinski definition) is 6. The number of aromatic nitrogens is 2. The van der Waals surface area contributed by atoms with Crippen molar-refractivity contribution in [2.45, 2.75) is 19.8 Å². The number of amides is 1. The predicted molar refractivity (Wildman–Crippen MR) is 110 cm³/mol. The molecule has 29 heavy (non-hydrogen) atoms. The number of fused-ring (bicyclic) bond motifs is 1. The zero-order chi connectivity index (χ0) is 21.0. The Balaban J connectivity index is 2.18. The Hall–Kier alpha value is -2.78. The summed E-state index contributed by atoms with van der Waals surface area (Å²) in [5.41, 5.74) is -0.341. The lowest BCUT2D eigenvalue weighted by atomic mass is 10.2. The summed E-state index contributed by atoms with van der Waals surface area (Å²) in [6.45, 7) is 1.78. The van der Waals surface area contributed by atoms with E-state index in [4.69, 9.17) is 16.3 Å². The maximum atomic E-state index is 13.3. The molecule has 0 unspecified atom stereocenters. The second kappa shape index (κ2) is 9.15. The van der Waals surface area contributed by atoms with Crippen LogP contribution in [0.4, 0.5) is 9.39 Å². The van der Waals surface area contributed by atoms with Gasteiger partial charge < -0.3 is 10.1 Å². The molecular weight excluding hydrogens is 421 g/mol. The summed E-state index contributed by atoms with van der Waals surface area (Å²) in [4.78, 5) is 37.7. The molecule has 0 aliphatic rings. The Morgan fingerprint density at radius 2 is 2.03 bits per heavy atom. The minimum Gasteiger partial charge on any atom is -0.461 e. The number of hydrogen-bond donors (Lipinski definition) is 1. The summed E-state index contributed by atoms with van der Waals surface area (Å²) >= 11 is 6.72. The van der Waals surface area contributed by atoms with Crippen LogP contribution in [0.3, 0.4) is 0 Å².